The lowest BCUT2D eigenvalue weighted by Gasteiger charge is -2.13. The van der Waals surface area contributed by atoms with Gasteiger partial charge in [0.1, 0.15) is 0 Å². The second-order valence-corrected chi connectivity index (χ2v) is 5.08. The van der Waals surface area contributed by atoms with Crippen molar-refractivity contribution in [3.05, 3.63) is 34.5 Å². The van der Waals surface area contributed by atoms with Crippen LogP contribution < -0.4 is 0 Å². The summed E-state index contributed by atoms with van der Waals surface area (Å²) in [5.41, 5.74) is 1.39. The van der Waals surface area contributed by atoms with Crippen molar-refractivity contribution < 1.29 is 4.79 Å². The number of amides is 1. The summed E-state index contributed by atoms with van der Waals surface area (Å²) < 4.78 is 0. The van der Waals surface area contributed by atoms with Crippen molar-refractivity contribution in [2.75, 3.05) is 13.1 Å². The van der Waals surface area contributed by atoms with E-state index in [1.54, 1.807) is 11.3 Å². The van der Waals surface area contributed by atoms with Crippen LogP contribution in [0.4, 0.5) is 0 Å². The minimum atomic E-state index is 0.0597. The highest BCUT2D eigenvalue weighted by Gasteiger charge is 2.26. The molecule has 0 saturated carbocycles. The number of thiophene rings is 1. The first-order chi connectivity index (χ1) is 7.20. The monoisotopic (exact) mass is 221 g/mol. The molecule has 1 aromatic rings. The van der Waals surface area contributed by atoms with Crippen LogP contribution in [0.3, 0.4) is 0 Å². The summed E-state index contributed by atoms with van der Waals surface area (Å²) in [6.45, 7) is 7.35. The molecule has 1 amide bonds. The average Bonchev–Trinajstić information content (AvgIpc) is 2.84. The zero-order valence-corrected chi connectivity index (χ0v) is 9.72. The van der Waals surface area contributed by atoms with Crippen LogP contribution >= 0.6 is 11.3 Å². The molecule has 1 aromatic heterocycles. The molecule has 1 unspecified atom stereocenters. The first-order valence-electron chi connectivity index (χ1n) is 5.17. The highest BCUT2D eigenvalue weighted by Crippen LogP contribution is 2.30. The van der Waals surface area contributed by atoms with Crippen LogP contribution in [-0.2, 0) is 4.79 Å². The van der Waals surface area contributed by atoms with Gasteiger partial charge >= 0.3 is 0 Å². The molecule has 0 radical (unpaired) electrons. The van der Waals surface area contributed by atoms with Crippen LogP contribution in [0.2, 0.25) is 0 Å². The fourth-order valence-electron chi connectivity index (χ4n) is 2.04. The molecular formula is C12H15NOS. The fraction of sp³-hybridized carbons (Fsp3) is 0.417. The summed E-state index contributed by atoms with van der Waals surface area (Å²) in [6.07, 6.45) is 2.48. The first kappa shape index (κ1) is 10.4. The standard InChI is InChI=1S/C12H15NOS/c1-3-12(14)13-5-4-10(7-13)11-6-9(2)15-8-11/h3,6,8,10H,1,4-5,7H2,2H3. The Morgan fingerprint density at radius 2 is 2.53 bits per heavy atom. The van der Waals surface area contributed by atoms with Gasteiger partial charge in [-0.1, -0.05) is 6.58 Å². The van der Waals surface area contributed by atoms with Crippen molar-refractivity contribution in [1.82, 2.24) is 4.90 Å². The Morgan fingerprint density at radius 3 is 3.13 bits per heavy atom. The molecule has 1 aliphatic rings. The molecule has 0 spiro atoms. The summed E-state index contributed by atoms with van der Waals surface area (Å²) in [5, 5.41) is 2.21. The van der Waals surface area contributed by atoms with Gasteiger partial charge in [-0.3, -0.25) is 4.79 Å². The van der Waals surface area contributed by atoms with Gasteiger partial charge in [0.25, 0.3) is 0 Å². The summed E-state index contributed by atoms with van der Waals surface area (Å²) >= 11 is 1.78. The van der Waals surface area contributed by atoms with Crippen LogP contribution in [0.25, 0.3) is 0 Å². The van der Waals surface area contributed by atoms with E-state index in [0.717, 1.165) is 19.5 Å². The lowest BCUT2D eigenvalue weighted by Crippen LogP contribution is -2.26. The molecule has 2 heterocycles. The predicted octanol–water partition coefficient (Wildman–Crippen LogP) is 2.56. The zero-order chi connectivity index (χ0) is 10.8. The second kappa shape index (κ2) is 4.19. The van der Waals surface area contributed by atoms with Crippen molar-refractivity contribution >= 4 is 17.2 Å². The van der Waals surface area contributed by atoms with Crippen molar-refractivity contribution in [3.63, 3.8) is 0 Å². The van der Waals surface area contributed by atoms with E-state index in [2.05, 4.69) is 24.9 Å². The van der Waals surface area contributed by atoms with E-state index in [1.165, 1.54) is 16.5 Å². The maximum Gasteiger partial charge on any atom is 0.245 e. The summed E-state index contributed by atoms with van der Waals surface area (Å²) in [6, 6.07) is 2.23. The van der Waals surface area contributed by atoms with E-state index < -0.39 is 0 Å². The third kappa shape index (κ3) is 2.12. The molecule has 0 aromatic carbocycles. The third-order valence-corrected chi connectivity index (χ3v) is 3.78. The largest absolute Gasteiger partial charge is 0.339 e. The van der Waals surface area contributed by atoms with E-state index >= 15 is 0 Å². The van der Waals surface area contributed by atoms with E-state index in [4.69, 9.17) is 0 Å². The Morgan fingerprint density at radius 1 is 1.73 bits per heavy atom. The number of rotatable bonds is 2. The molecule has 2 rings (SSSR count). The normalized spacial score (nSPS) is 20.6. The molecule has 80 valence electrons. The van der Waals surface area contributed by atoms with Gasteiger partial charge in [-0.15, -0.1) is 11.3 Å². The minimum Gasteiger partial charge on any atom is -0.339 e. The topological polar surface area (TPSA) is 20.3 Å². The number of nitrogens with zero attached hydrogens (tertiary/aromatic N) is 1. The molecule has 2 nitrogen and oxygen atoms in total. The summed E-state index contributed by atoms with van der Waals surface area (Å²) in [4.78, 5) is 14.6. The van der Waals surface area contributed by atoms with Crippen LogP contribution in [0.15, 0.2) is 24.1 Å². The molecule has 1 atom stereocenters. The SMILES string of the molecule is C=CC(=O)N1CCC(c2csc(C)c2)C1. The van der Waals surface area contributed by atoms with Crippen LogP contribution in [0.1, 0.15) is 22.8 Å². The van der Waals surface area contributed by atoms with Crippen molar-refractivity contribution in [3.8, 4) is 0 Å². The Balaban J connectivity index is 2.04. The van der Waals surface area contributed by atoms with E-state index in [1.807, 2.05) is 4.90 Å². The molecule has 3 heteroatoms. The quantitative estimate of drug-likeness (QED) is 0.703. The molecule has 0 bridgehead atoms. The molecule has 0 aliphatic carbocycles. The van der Waals surface area contributed by atoms with Gasteiger partial charge in [-0.25, -0.2) is 0 Å². The highest BCUT2D eigenvalue weighted by atomic mass is 32.1. The number of likely N-dealkylation sites (tertiary alicyclic amines) is 1. The number of aryl methyl sites for hydroxylation is 1. The van der Waals surface area contributed by atoms with E-state index in [-0.39, 0.29) is 5.91 Å². The van der Waals surface area contributed by atoms with Crippen molar-refractivity contribution in [2.24, 2.45) is 0 Å². The lowest BCUT2D eigenvalue weighted by atomic mass is 10.0. The Bertz CT molecular complexity index is 383. The van der Waals surface area contributed by atoms with Crippen LogP contribution in [0, 0.1) is 6.92 Å². The molecule has 1 fully saturated rings. The average molecular weight is 221 g/mol. The Labute approximate surface area is 94.2 Å². The zero-order valence-electron chi connectivity index (χ0n) is 8.90. The van der Waals surface area contributed by atoms with Crippen molar-refractivity contribution in [1.29, 1.82) is 0 Å². The van der Waals surface area contributed by atoms with Gasteiger partial charge in [0.05, 0.1) is 0 Å². The Hall–Kier alpha value is -1.09. The minimum absolute atomic E-state index is 0.0597. The van der Waals surface area contributed by atoms with Gasteiger partial charge in [0.15, 0.2) is 0 Å². The summed E-state index contributed by atoms with van der Waals surface area (Å²) in [5.74, 6) is 0.586. The van der Waals surface area contributed by atoms with Gasteiger partial charge in [-0.05, 0) is 36.4 Å². The van der Waals surface area contributed by atoms with Gasteiger partial charge in [0, 0.05) is 23.9 Å². The maximum absolute atomic E-state index is 11.4. The van der Waals surface area contributed by atoms with E-state index in [9.17, 15) is 4.79 Å². The van der Waals surface area contributed by atoms with Crippen LogP contribution in [0.5, 0.6) is 0 Å². The number of hydrogen-bond donors (Lipinski definition) is 0. The number of hydrogen-bond acceptors (Lipinski definition) is 2. The molecule has 15 heavy (non-hydrogen) atoms. The van der Waals surface area contributed by atoms with Gasteiger partial charge in [-0.2, -0.15) is 0 Å². The highest BCUT2D eigenvalue weighted by molar-refractivity contribution is 7.10. The maximum atomic E-state index is 11.4. The number of carbonyl (C=O) groups is 1. The summed E-state index contributed by atoms with van der Waals surface area (Å²) in [7, 11) is 0. The first-order valence-corrected chi connectivity index (χ1v) is 6.05. The molecule has 1 saturated heterocycles. The van der Waals surface area contributed by atoms with E-state index in [0.29, 0.717) is 5.92 Å². The molecule has 1 aliphatic heterocycles. The third-order valence-electron chi connectivity index (χ3n) is 2.90. The van der Waals surface area contributed by atoms with Crippen LogP contribution in [-0.4, -0.2) is 23.9 Å². The lowest BCUT2D eigenvalue weighted by molar-refractivity contribution is -0.125. The number of carbonyl (C=O) groups excluding carboxylic acids is 1. The predicted molar refractivity (Wildman–Crippen MR) is 63.2 cm³/mol. The Kier molecular flexibility index (Phi) is 2.91. The fourth-order valence-corrected chi connectivity index (χ4v) is 2.83. The smallest absolute Gasteiger partial charge is 0.245 e. The molecule has 0 N–H and O–H groups in total. The van der Waals surface area contributed by atoms with Gasteiger partial charge < -0.3 is 4.90 Å². The molecular weight excluding hydrogens is 206 g/mol. The second-order valence-electron chi connectivity index (χ2n) is 3.96. The van der Waals surface area contributed by atoms with Gasteiger partial charge in [0.2, 0.25) is 5.91 Å². The van der Waals surface area contributed by atoms with Crippen molar-refractivity contribution in [2.45, 2.75) is 19.3 Å².